The molecule has 1 atom stereocenters. The van der Waals surface area contributed by atoms with Gasteiger partial charge < -0.3 is 16.8 Å². The van der Waals surface area contributed by atoms with Crippen molar-refractivity contribution in [3.63, 3.8) is 0 Å². The van der Waals surface area contributed by atoms with Gasteiger partial charge in [0.25, 0.3) is 0 Å². The zero-order chi connectivity index (χ0) is 15.1. The molecule has 0 aliphatic heterocycles. The second kappa shape index (κ2) is 7.65. The molecule has 1 rings (SSSR count). The lowest BCUT2D eigenvalue weighted by Gasteiger charge is -2.12. The molecule has 0 bridgehead atoms. The van der Waals surface area contributed by atoms with Crippen LogP contribution in [0.2, 0.25) is 0 Å². The molecule has 1 aromatic carbocycles. The van der Waals surface area contributed by atoms with Crippen LogP contribution in [0.3, 0.4) is 0 Å². The molecule has 0 aliphatic carbocycles. The van der Waals surface area contributed by atoms with E-state index in [0.29, 0.717) is 12.5 Å². The van der Waals surface area contributed by atoms with Gasteiger partial charge in [-0.15, -0.1) is 0 Å². The van der Waals surface area contributed by atoms with Crippen LogP contribution in [0.4, 0.5) is 0 Å². The van der Waals surface area contributed by atoms with Crippen molar-refractivity contribution in [1.82, 2.24) is 5.32 Å². The van der Waals surface area contributed by atoms with Gasteiger partial charge in [-0.1, -0.05) is 38.1 Å². The van der Waals surface area contributed by atoms with E-state index < -0.39 is 11.9 Å². The number of hydrogen-bond donors (Lipinski definition) is 3. The van der Waals surface area contributed by atoms with Crippen molar-refractivity contribution in [2.45, 2.75) is 45.2 Å². The number of rotatable bonds is 7. The summed E-state index contributed by atoms with van der Waals surface area (Å²) in [6.07, 6.45) is 0.394. The van der Waals surface area contributed by atoms with E-state index in [-0.39, 0.29) is 18.7 Å². The lowest BCUT2D eigenvalue weighted by atomic mass is 10.0. The third kappa shape index (κ3) is 5.40. The molecule has 0 radical (unpaired) electrons. The maximum atomic E-state index is 11.7. The Labute approximate surface area is 119 Å². The highest BCUT2D eigenvalue weighted by Gasteiger charge is 2.13. The minimum absolute atomic E-state index is 0.123. The molecule has 0 fully saturated rings. The summed E-state index contributed by atoms with van der Waals surface area (Å²) in [7, 11) is 0. The zero-order valence-corrected chi connectivity index (χ0v) is 12.1. The van der Waals surface area contributed by atoms with Crippen LogP contribution in [-0.2, 0) is 16.1 Å². The Morgan fingerprint density at radius 3 is 2.30 bits per heavy atom. The minimum atomic E-state index is -0.697. The maximum Gasteiger partial charge on any atom is 0.237 e. The molecule has 0 saturated heterocycles. The Bertz CT molecular complexity index is 455. The SMILES string of the molecule is CC(C)c1ccc(CNC(=O)C(N)CCC(N)=O)cc1. The van der Waals surface area contributed by atoms with E-state index in [1.807, 2.05) is 12.1 Å². The van der Waals surface area contributed by atoms with Gasteiger partial charge in [-0.05, 0) is 23.5 Å². The number of carbonyl (C=O) groups is 2. The topological polar surface area (TPSA) is 98.2 Å². The number of primary amides is 1. The number of amides is 2. The van der Waals surface area contributed by atoms with Crippen molar-refractivity contribution in [2.75, 3.05) is 0 Å². The Kier molecular flexibility index (Phi) is 6.18. The smallest absolute Gasteiger partial charge is 0.237 e. The summed E-state index contributed by atoms with van der Waals surface area (Å²) in [6.45, 7) is 4.70. The van der Waals surface area contributed by atoms with Crippen LogP contribution in [0.1, 0.15) is 43.7 Å². The van der Waals surface area contributed by atoms with Gasteiger partial charge in [0, 0.05) is 13.0 Å². The third-order valence-electron chi connectivity index (χ3n) is 3.15. The predicted octanol–water partition coefficient (Wildman–Crippen LogP) is 1.02. The number of nitrogens with one attached hydrogen (secondary N) is 1. The molecule has 110 valence electrons. The molecule has 5 N–H and O–H groups in total. The van der Waals surface area contributed by atoms with Crippen LogP contribution < -0.4 is 16.8 Å². The summed E-state index contributed by atoms with van der Waals surface area (Å²) in [5, 5.41) is 2.76. The van der Waals surface area contributed by atoms with E-state index in [1.165, 1.54) is 5.56 Å². The first-order chi connectivity index (χ1) is 9.40. The van der Waals surface area contributed by atoms with E-state index in [4.69, 9.17) is 11.5 Å². The van der Waals surface area contributed by atoms with Crippen LogP contribution in [0.25, 0.3) is 0 Å². The monoisotopic (exact) mass is 277 g/mol. The minimum Gasteiger partial charge on any atom is -0.370 e. The van der Waals surface area contributed by atoms with Crippen molar-refractivity contribution >= 4 is 11.8 Å². The van der Waals surface area contributed by atoms with E-state index in [2.05, 4.69) is 31.3 Å². The molecular formula is C15H23N3O2. The quantitative estimate of drug-likeness (QED) is 0.694. The van der Waals surface area contributed by atoms with Gasteiger partial charge in [0.2, 0.25) is 11.8 Å². The molecule has 20 heavy (non-hydrogen) atoms. The van der Waals surface area contributed by atoms with E-state index >= 15 is 0 Å². The molecule has 0 spiro atoms. The molecule has 5 nitrogen and oxygen atoms in total. The predicted molar refractivity (Wildman–Crippen MR) is 78.8 cm³/mol. The van der Waals surface area contributed by atoms with Crippen molar-refractivity contribution in [1.29, 1.82) is 0 Å². The highest BCUT2D eigenvalue weighted by molar-refractivity contribution is 5.82. The molecule has 1 unspecified atom stereocenters. The number of hydrogen-bond acceptors (Lipinski definition) is 3. The van der Waals surface area contributed by atoms with Gasteiger partial charge in [0.15, 0.2) is 0 Å². The molecule has 1 aromatic rings. The highest BCUT2D eigenvalue weighted by Crippen LogP contribution is 2.14. The fraction of sp³-hybridized carbons (Fsp3) is 0.467. The Morgan fingerprint density at radius 1 is 1.20 bits per heavy atom. The van der Waals surface area contributed by atoms with Crippen molar-refractivity contribution < 1.29 is 9.59 Å². The lowest BCUT2D eigenvalue weighted by molar-refractivity contribution is -0.123. The molecule has 2 amide bonds. The second-order valence-corrected chi connectivity index (χ2v) is 5.23. The zero-order valence-electron chi connectivity index (χ0n) is 12.1. The number of carbonyl (C=O) groups excluding carboxylic acids is 2. The summed E-state index contributed by atoms with van der Waals surface area (Å²) in [6, 6.07) is 7.39. The highest BCUT2D eigenvalue weighted by atomic mass is 16.2. The average molecular weight is 277 g/mol. The first-order valence-corrected chi connectivity index (χ1v) is 6.80. The number of benzene rings is 1. The molecule has 0 heterocycles. The first kappa shape index (κ1) is 16.2. The summed E-state index contributed by atoms with van der Waals surface area (Å²) in [4.78, 5) is 22.3. The Morgan fingerprint density at radius 2 is 1.80 bits per heavy atom. The molecule has 0 aliphatic rings. The van der Waals surface area contributed by atoms with Crippen LogP contribution >= 0.6 is 0 Å². The summed E-state index contributed by atoms with van der Waals surface area (Å²) in [5.41, 5.74) is 13.0. The van der Waals surface area contributed by atoms with Crippen LogP contribution in [-0.4, -0.2) is 17.9 Å². The van der Waals surface area contributed by atoms with Gasteiger partial charge in [-0.25, -0.2) is 0 Å². The molecule has 0 saturated carbocycles. The lowest BCUT2D eigenvalue weighted by Crippen LogP contribution is -2.40. The van der Waals surface area contributed by atoms with Crippen LogP contribution in [0.15, 0.2) is 24.3 Å². The average Bonchev–Trinajstić information content (AvgIpc) is 2.42. The summed E-state index contributed by atoms with van der Waals surface area (Å²) < 4.78 is 0. The van der Waals surface area contributed by atoms with Gasteiger partial charge in [-0.3, -0.25) is 9.59 Å². The maximum absolute atomic E-state index is 11.7. The molecule has 5 heteroatoms. The largest absolute Gasteiger partial charge is 0.370 e. The summed E-state index contributed by atoms with van der Waals surface area (Å²) >= 11 is 0. The van der Waals surface area contributed by atoms with E-state index in [9.17, 15) is 9.59 Å². The molecule has 0 aromatic heterocycles. The summed E-state index contributed by atoms with van der Waals surface area (Å²) in [5.74, 6) is -0.224. The van der Waals surface area contributed by atoms with E-state index in [0.717, 1.165) is 5.56 Å². The van der Waals surface area contributed by atoms with Gasteiger partial charge >= 0.3 is 0 Å². The van der Waals surface area contributed by atoms with E-state index in [1.54, 1.807) is 0 Å². The van der Waals surface area contributed by atoms with Crippen molar-refractivity contribution in [3.8, 4) is 0 Å². The second-order valence-electron chi connectivity index (χ2n) is 5.23. The standard InChI is InChI=1S/C15H23N3O2/c1-10(2)12-5-3-11(4-6-12)9-18-15(20)13(16)7-8-14(17)19/h3-6,10,13H,7-9,16H2,1-2H3,(H2,17,19)(H,18,20). The fourth-order valence-corrected chi connectivity index (χ4v) is 1.77. The van der Waals surface area contributed by atoms with Crippen molar-refractivity contribution in [3.05, 3.63) is 35.4 Å². The molecular weight excluding hydrogens is 254 g/mol. The normalized spacial score (nSPS) is 12.2. The van der Waals surface area contributed by atoms with Gasteiger partial charge in [0.05, 0.1) is 6.04 Å². The fourth-order valence-electron chi connectivity index (χ4n) is 1.77. The Balaban J connectivity index is 2.42. The van der Waals surface area contributed by atoms with Crippen LogP contribution in [0.5, 0.6) is 0 Å². The van der Waals surface area contributed by atoms with Gasteiger partial charge in [-0.2, -0.15) is 0 Å². The third-order valence-corrected chi connectivity index (χ3v) is 3.15. The number of nitrogens with two attached hydrogens (primary N) is 2. The first-order valence-electron chi connectivity index (χ1n) is 6.80. The Hall–Kier alpha value is -1.88. The van der Waals surface area contributed by atoms with Gasteiger partial charge in [0.1, 0.15) is 0 Å². The van der Waals surface area contributed by atoms with Crippen LogP contribution in [0, 0.1) is 0 Å². The van der Waals surface area contributed by atoms with Crippen molar-refractivity contribution in [2.24, 2.45) is 11.5 Å².